The van der Waals surface area contributed by atoms with E-state index in [-0.39, 0.29) is 24.2 Å². The lowest BCUT2D eigenvalue weighted by Crippen LogP contribution is -2.33. The first-order valence-corrected chi connectivity index (χ1v) is 7.58. The Kier molecular flexibility index (Phi) is 3.66. The molecule has 1 aliphatic heterocycles. The summed E-state index contributed by atoms with van der Waals surface area (Å²) in [6.07, 6.45) is 1.32. The fourth-order valence-corrected chi connectivity index (χ4v) is 3.39. The largest absolute Gasteiger partial charge is 0.493 e. The lowest BCUT2D eigenvalue weighted by molar-refractivity contribution is -0.136. The molecule has 1 saturated heterocycles. The smallest absolute Gasteiger partial charge is 0.224 e. The van der Waals surface area contributed by atoms with Crippen LogP contribution in [0.1, 0.15) is 31.9 Å². The van der Waals surface area contributed by atoms with Crippen molar-refractivity contribution < 1.29 is 23.8 Å². The summed E-state index contributed by atoms with van der Waals surface area (Å²) in [5, 5.41) is 0. The summed E-state index contributed by atoms with van der Waals surface area (Å²) in [4.78, 5) is 23.5. The van der Waals surface area contributed by atoms with Gasteiger partial charge in [0.25, 0.3) is 0 Å². The van der Waals surface area contributed by atoms with E-state index in [1.807, 2.05) is 32.0 Å². The summed E-state index contributed by atoms with van der Waals surface area (Å²) in [6, 6.07) is 5.64. The van der Waals surface area contributed by atoms with Gasteiger partial charge in [-0.2, -0.15) is 0 Å². The molecule has 3 atom stereocenters. The maximum Gasteiger partial charge on any atom is 0.224 e. The van der Waals surface area contributed by atoms with Gasteiger partial charge >= 0.3 is 0 Å². The molecule has 1 heterocycles. The number of carbonyl (C=O) groups is 2. The van der Waals surface area contributed by atoms with Crippen molar-refractivity contribution in [3.8, 4) is 11.5 Å². The second kappa shape index (κ2) is 5.41. The van der Waals surface area contributed by atoms with Gasteiger partial charge in [0.05, 0.1) is 14.2 Å². The first-order valence-electron chi connectivity index (χ1n) is 7.58. The van der Waals surface area contributed by atoms with Crippen molar-refractivity contribution in [2.24, 2.45) is 11.3 Å². The highest BCUT2D eigenvalue weighted by molar-refractivity contribution is 6.42. The summed E-state index contributed by atoms with van der Waals surface area (Å²) in [6.45, 7) is 4.03. The van der Waals surface area contributed by atoms with E-state index in [1.165, 1.54) is 6.08 Å². The van der Waals surface area contributed by atoms with Gasteiger partial charge in [-0.25, -0.2) is 0 Å². The number of hydrogen-bond donors (Lipinski definition) is 0. The molecule has 0 saturated carbocycles. The topological polar surface area (TPSA) is 61.8 Å². The Labute approximate surface area is 135 Å². The number of methoxy groups -OCH3 is 2. The molecule has 0 bridgehead atoms. The molecule has 1 aromatic carbocycles. The van der Waals surface area contributed by atoms with Gasteiger partial charge in [-0.05, 0) is 17.7 Å². The van der Waals surface area contributed by atoms with Gasteiger partial charge in [-0.3, -0.25) is 9.59 Å². The molecule has 1 aliphatic carbocycles. The Morgan fingerprint density at radius 1 is 1.17 bits per heavy atom. The third kappa shape index (κ3) is 2.31. The molecule has 0 aromatic heterocycles. The van der Waals surface area contributed by atoms with Gasteiger partial charge in [0.15, 0.2) is 11.5 Å². The number of ether oxygens (including phenoxy) is 3. The van der Waals surface area contributed by atoms with Crippen LogP contribution >= 0.6 is 0 Å². The molecular weight excluding hydrogens is 296 g/mol. The normalized spacial score (nSPS) is 29.7. The first-order chi connectivity index (χ1) is 10.9. The Morgan fingerprint density at radius 3 is 2.52 bits per heavy atom. The number of ketones is 2. The predicted octanol–water partition coefficient (Wildman–Crippen LogP) is 2.84. The number of rotatable bonds is 3. The van der Waals surface area contributed by atoms with Crippen LogP contribution in [0.2, 0.25) is 0 Å². The molecule has 3 rings (SSSR count). The Bertz CT molecular complexity index is 705. The highest BCUT2D eigenvalue weighted by Gasteiger charge is 2.52. The van der Waals surface area contributed by atoms with E-state index in [4.69, 9.17) is 14.2 Å². The second-order valence-electron chi connectivity index (χ2n) is 6.33. The van der Waals surface area contributed by atoms with Crippen LogP contribution in [0.5, 0.6) is 11.5 Å². The van der Waals surface area contributed by atoms with E-state index in [1.54, 1.807) is 14.2 Å². The van der Waals surface area contributed by atoms with Gasteiger partial charge in [-0.1, -0.05) is 19.9 Å². The number of hydrogen-bond acceptors (Lipinski definition) is 5. The van der Waals surface area contributed by atoms with Crippen LogP contribution in [-0.2, 0) is 14.3 Å². The maximum atomic E-state index is 11.8. The molecule has 0 radical (unpaired) electrons. The maximum absolute atomic E-state index is 11.8. The quantitative estimate of drug-likeness (QED) is 0.802. The van der Waals surface area contributed by atoms with Gasteiger partial charge < -0.3 is 14.2 Å². The predicted molar refractivity (Wildman–Crippen MR) is 83.4 cm³/mol. The van der Waals surface area contributed by atoms with Crippen molar-refractivity contribution in [2.45, 2.75) is 26.4 Å². The monoisotopic (exact) mass is 316 g/mol. The van der Waals surface area contributed by atoms with Crippen molar-refractivity contribution in [3.63, 3.8) is 0 Å². The highest BCUT2D eigenvalue weighted by Crippen LogP contribution is 2.56. The van der Waals surface area contributed by atoms with Crippen molar-refractivity contribution in [2.75, 3.05) is 14.2 Å². The lowest BCUT2D eigenvalue weighted by Gasteiger charge is -2.29. The van der Waals surface area contributed by atoms with Gasteiger partial charge in [0, 0.05) is 23.8 Å². The van der Waals surface area contributed by atoms with Crippen molar-refractivity contribution in [3.05, 3.63) is 35.6 Å². The molecular formula is C18H20O5. The summed E-state index contributed by atoms with van der Waals surface area (Å²) in [5.41, 5.74) is 0.495. The SMILES string of the molecule is COc1ccc([C@H]2OC3=CC(=O)C(=O)C[C@@]3(C)[C@@H]2C)cc1OC. The lowest BCUT2D eigenvalue weighted by atomic mass is 9.69. The van der Waals surface area contributed by atoms with Crippen LogP contribution in [0.15, 0.2) is 30.0 Å². The molecule has 2 aliphatic rings. The van der Waals surface area contributed by atoms with Crippen molar-refractivity contribution in [1.82, 2.24) is 0 Å². The Morgan fingerprint density at radius 2 is 1.87 bits per heavy atom. The minimum atomic E-state index is -0.474. The van der Waals surface area contributed by atoms with Gasteiger partial charge in [-0.15, -0.1) is 0 Å². The minimum absolute atomic E-state index is 0.0592. The fraction of sp³-hybridized carbons (Fsp3) is 0.444. The summed E-state index contributed by atoms with van der Waals surface area (Å²) < 4.78 is 16.7. The molecule has 0 amide bonds. The molecule has 0 N–H and O–H groups in total. The Hall–Kier alpha value is -2.30. The molecule has 0 unspecified atom stereocenters. The summed E-state index contributed by atoms with van der Waals surface area (Å²) >= 11 is 0. The molecule has 5 nitrogen and oxygen atoms in total. The van der Waals surface area contributed by atoms with E-state index < -0.39 is 11.2 Å². The van der Waals surface area contributed by atoms with E-state index >= 15 is 0 Å². The number of benzene rings is 1. The van der Waals surface area contributed by atoms with E-state index in [9.17, 15) is 9.59 Å². The van der Waals surface area contributed by atoms with E-state index in [0.29, 0.717) is 17.3 Å². The molecule has 23 heavy (non-hydrogen) atoms. The van der Waals surface area contributed by atoms with Crippen LogP contribution in [-0.4, -0.2) is 25.8 Å². The summed E-state index contributed by atoms with van der Waals surface area (Å²) in [7, 11) is 3.17. The third-order valence-electron chi connectivity index (χ3n) is 5.08. The average Bonchev–Trinajstić information content (AvgIpc) is 2.79. The molecule has 122 valence electrons. The van der Waals surface area contributed by atoms with Crippen molar-refractivity contribution >= 4 is 11.6 Å². The van der Waals surface area contributed by atoms with Crippen molar-refractivity contribution in [1.29, 1.82) is 0 Å². The van der Waals surface area contributed by atoms with Crippen LogP contribution < -0.4 is 9.47 Å². The zero-order chi connectivity index (χ0) is 16.8. The van der Waals surface area contributed by atoms with Crippen LogP contribution in [0.4, 0.5) is 0 Å². The zero-order valence-electron chi connectivity index (χ0n) is 13.7. The van der Waals surface area contributed by atoms with E-state index in [2.05, 4.69) is 0 Å². The second-order valence-corrected chi connectivity index (χ2v) is 6.33. The number of carbonyl (C=O) groups excluding carboxylic acids is 2. The number of allylic oxidation sites excluding steroid dienone is 2. The van der Waals surface area contributed by atoms with Gasteiger partial charge in [0.1, 0.15) is 11.9 Å². The fourth-order valence-electron chi connectivity index (χ4n) is 3.39. The van der Waals surface area contributed by atoms with Crippen LogP contribution in [0.3, 0.4) is 0 Å². The molecule has 0 spiro atoms. The average molecular weight is 316 g/mol. The van der Waals surface area contributed by atoms with Gasteiger partial charge in [0.2, 0.25) is 11.6 Å². The number of fused-ring (bicyclic) bond motifs is 1. The standard InChI is InChI=1S/C18H20O5/c1-10-17(11-5-6-14(21-3)15(7-11)22-4)23-16-8-12(19)13(20)9-18(10,16)2/h5-8,10,17H,9H2,1-4H3/t10-,17+,18+/m1/s1. The molecule has 1 fully saturated rings. The zero-order valence-corrected chi connectivity index (χ0v) is 13.7. The van der Waals surface area contributed by atoms with Crippen LogP contribution in [0.25, 0.3) is 0 Å². The van der Waals surface area contributed by atoms with Crippen LogP contribution in [0, 0.1) is 11.3 Å². The third-order valence-corrected chi connectivity index (χ3v) is 5.08. The number of Topliss-reactive ketones (excluding diaryl/α,β-unsaturated/α-hetero) is 1. The summed E-state index contributed by atoms with van der Waals surface area (Å²) in [5.74, 6) is 1.12. The molecule has 1 aromatic rings. The highest BCUT2D eigenvalue weighted by atomic mass is 16.5. The van der Waals surface area contributed by atoms with E-state index in [0.717, 1.165) is 5.56 Å². The minimum Gasteiger partial charge on any atom is -0.493 e. The Balaban J connectivity index is 1.99. The first kappa shape index (κ1) is 15.6. The molecule has 5 heteroatoms.